The van der Waals surface area contributed by atoms with Crippen LogP contribution in [-0.2, 0) is 0 Å². The van der Waals surface area contributed by atoms with Gasteiger partial charge in [-0.25, -0.2) is 4.79 Å². The molecule has 5 heteroatoms. The molecule has 0 radical (unpaired) electrons. The van der Waals surface area contributed by atoms with E-state index in [0.29, 0.717) is 24.6 Å². The maximum absolute atomic E-state index is 11.8. The highest BCUT2D eigenvalue weighted by Crippen LogP contribution is 2.26. The van der Waals surface area contributed by atoms with Crippen molar-refractivity contribution >= 4 is 28.7 Å². The van der Waals surface area contributed by atoms with Gasteiger partial charge in [-0.2, -0.15) is 0 Å². The Kier molecular flexibility index (Phi) is 5.54. The zero-order chi connectivity index (χ0) is 12.8. The standard InChI is InChI=1S/C12H16INO3/c1-4-14(5-2)12(15)17-11-8-9(16-3)6-7-10(11)13/h6-8H,4-5H2,1-3H3. The summed E-state index contributed by atoms with van der Waals surface area (Å²) in [5, 5.41) is 0. The van der Waals surface area contributed by atoms with Crippen molar-refractivity contribution in [2.45, 2.75) is 13.8 Å². The first-order valence-electron chi connectivity index (χ1n) is 5.42. The van der Waals surface area contributed by atoms with Crippen molar-refractivity contribution in [1.82, 2.24) is 4.90 Å². The van der Waals surface area contributed by atoms with Crippen LogP contribution in [0.4, 0.5) is 4.79 Å². The number of carbonyl (C=O) groups excluding carboxylic acids is 1. The Morgan fingerprint density at radius 1 is 1.35 bits per heavy atom. The minimum Gasteiger partial charge on any atom is -0.497 e. The first kappa shape index (κ1) is 14.1. The Balaban J connectivity index is 2.83. The largest absolute Gasteiger partial charge is 0.497 e. The Labute approximate surface area is 115 Å². The molecule has 1 rings (SSSR count). The van der Waals surface area contributed by atoms with Gasteiger partial charge in [0.25, 0.3) is 0 Å². The van der Waals surface area contributed by atoms with Crippen LogP contribution in [0.2, 0.25) is 0 Å². The predicted octanol–water partition coefficient (Wildman–Crippen LogP) is 3.14. The van der Waals surface area contributed by atoms with Crippen molar-refractivity contribution in [2.24, 2.45) is 0 Å². The lowest BCUT2D eigenvalue weighted by Gasteiger charge is -2.18. The number of amides is 1. The highest BCUT2D eigenvalue weighted by Gasteiger charge is 2.14. The monoisotopic (exact) mass is 349 g/mol. The van der Waals surface area contributed by atoms with E-state index < -0.39 is 0 Å². The van der Waals surface area contributed by atoms with Crippen molar-refractivity contribution in [2.75, 3.05) is 20.2 Å². The number of rotatable bonds is 4. The molecule has 0 fully saturated rings. The fourth-order valence-corrected chi connectivity index (χ4v) is 1.77. The molecule has 0 saturated carbocycles. The first-order valence-corrected chi connectivity index (χ1v) is 6.50. The molecular weight excluding hydrogens is 333 g/mol. The third kappa shape index (κ3) is 3.76. The van der Waals surface area contributed by atoms with E-state index in [1.165, 1.54) is 0 Å². The quantitative estimate of drug-likeness (QED) is 0.784. The van der Waals surface area contributed by atoms with Gasteiger partial charge in [0, 0.05) is 19.2 Å². The summed E-state index contributed by atoms with van der Waals surface area (Å²) < 4.78 is 11.3. The van der Waals surface area contributed by atoms with E-state index in [4.69, 9.17) is 9.47 Å². The van der Waals surface area contributed by atoms with Gasteiger partial charge in [-0.05, 0) is 48.6 Å². The molecule has 17 heavy (non-hydrogen) atoms. The van der Waals surface area contributed by atoms with E-state index in [2.05, 4.69) is 22.6 Å². The number of halogens is 1. The molecule has 0 saturated heterocycles. The Morgan fingerprint density at radius 3 is 2.53 bits per heavy atom. The molecule has 0 unspecified atom stereocenters. The molecule has 0 bridgehead atoms. The summed E-state index contributed by atoms with van der Waals surface area (Å²) in [7, 11) is 1.58. The summed E-state index contributed by atoms with van der Waals surface area (Å²) in [6.07, 6.45) is -0.332. The SMILES string of the molecule is CCN(CC)C(=O)Oc1cc(OC)ccc1I. The fourth-order valence-electron chi connectivity index (χ4n) is 1.33. The molecule has 0 aliphatic rings. The van der Waals surface area contributed by atoms with Crippen LogP contribution in [0.3, 0.4) is 0 Å². The zero-order valence-corrected chi connectivity index (χ0v) is 12.4. The minimum atomic E-state index is -0.332. The number of methoxy groups -OCH3 is 1. The topological polar surface area (TPSA) is 38.8 Å². The summed E-state index contributed by atoms with van der Waals surface area (Å²) in [5.41, 5.74) is 0. The lowest BCUT2D eigenvalue weighted by atomic mass is 10.3. The van der Waals surface area contributed by atoms with Crippen molar-refractivity contribution in [3.05, 3.63) is 21.8 Å². The van der Waals surface area contributed by atoms with Gasteiger partial charge < -0.3 is 14.4 Å². The molecular formula is C12H16INO3. The second-order valence-electron chi connectivity index (χ2n) is 3.34. The molecule has 1 amide bonds. The second-order valence-corrected chi connectivity index (χ2v) is 4.50. The molecule has 1 aromatic rings. The molecule has 0 N–H and O–H groups in total. The van der Waals surface area contributed by atoms with E-state index in [0.717, 1.165) is 3.57 Å². The average molecular weight is 349 g/mol. The normalized spacial score (nSPS) is 9.88. The number of benzene rings is 1. The van der Waals surface area contributed by atoms with E-state index >= 15 is 0 Å². The molecule has 94 valence electrons. The van der Waals surface area contributed by atoms with Gasteiger partial charge >= 0.3 is 6.09 Å². The summed E-state index contributed by atoms with van der Waals surface area (Å²) in [6, 6.07) is 5.39. The lowest BCUT2D eigenvalue weighted by Crippen LogP contribution is -2.33. The van der Waals surface area contributed by atoms with Crippen LogP contribution < -0.4 is 9.47 Å². The highest BCUT2D eigenvalue weighted by molar-refractivity contribution is 14.1. The number of nitrogens with zero attached hydrogens (tertiary/aromatic N) is 1. The second kappa shape index (κ2) is 6.68. The van der Waals surface area contributed by atoms with E-state index in [9.17, 15) is 4.79 Å². The van der Waals surface area contributed by atoms with Gasteiger partial charge in [0.2, 0.25) is 0 Å². The summed E-state index contributed by atoms with van der Waals surface area (Å²) >= 11 is 2.12. The third-order valence-corrected chi connectivity index (χ3v) is 3.25. The van der Waals surface area contributed by atoms with Crippen LogP contribution in [0.5, 0.6) is 11.5 Å². The van der Waals surface area contributed by atoms with Crippen LogP contribution in [0.1, 0.15) is 13.8 Å². The third-order valence-electron chi connectivity index (χ3n) is 2.36. The Hall–Kier alpha value is -0.980. The summed E-state index contributed by atoms with van der Waals surface area (Å²) in [6.45, 7) is 5.11. The van der Waals surface area contributed by atoms with E-state index in [-0.39, 0.29) is 6.09 Å². The van der Waals surface area contributed by atoms with Gasteiger partial charge in [-0.15, -0.1) is 0 Å². The van der Waals surface area contributed by atoms with Crippen LogP contribution in [0.25, 0.3) is 0 Å². The average Bonchev–Trinajstić information content (AvgIpc) is 2.33. The smallest absolute Gasteiger partial charge is 0.415 e. The molecule has 0 atom stereocenters. The Bertz CT molecular complexity index is 391. The molecule has 0 aliphatic heterocycles. The van der Waals surface area contributed by atoms with Gasteiger partial charge in [-0.3, -0.25) is 0 Å². The van der Waals surface area contributed by atoms with Crippen LogP contribution in [0, 0.1) is 3.57 Å². The first-order chi connectivity index (χ1) is 8.12. The number of hydrogen-bond donors (Lipinski definition) is 0. The number of hydrogen-bond acceptors (Lipinski definition) is 3. The van der Waals surface area contributed by atoms with Crippen molar-refractivity contribution in [3.63, 3.8) is 0 Å². The number of ether oxygens (including phenoxy) is 2. The molecule has 0 aliphatic carbocycles. The zero-order valence-electron chi connectivity index (χ0n) is 10.2. The molecule has 0 heterocycles. The van der Waals surface area contributed by atoms with Crippen LogP contribution >= 0.6 is 22.6 Å². The summed E-state index contributed by atoms with van der Waals surface area (Å²) in [4.78, 5) is 13.4. The van der Waals surface area contributed by atoms with Crippen molar-refractivity contribution < 1.29 is 14.3 Å². The van der Waals surface area contributed by atoms with E-state index in [1.54, 1.807) is 18.1 Å². The van der Waals surface area contributed by atoms with Crippen LogP contribution in [-0.4, -0.2) is 31.2 Å². The molecule has 4 nitrogen and oxygen atoms in total. The van der Waals surface area contributed by atoms with E-state index in [1.807, 2.05) is 26.0 Å². The predicted molar refractivity (Wildman–Crippen MR) is 74.7 cm³/mol. The van der Waals surface area contributed by atoms with Gasteiger partial charge in [0.05, 0.1) is 10.7 Å². The molecule has 0 aromatic heterocycles. The maximum atomic E-state index is 11.8. The summed E-state index contributed by atoms with van der Waals surface area (Å²) in [5.74, 6) is 1.20. The van der Waals surface area contributed by atoms with Crippen molar-refractivity contribution in [3.8, 4) is 11.5 Å². The van der Waals surface area contributed by atoms with Crippen molar-refractivity contribution in [1.29, 1.82) is 0 Å². The lowest BCUT2D eigenvalue weighted by molar-refractivity contribution is 0.157. The van der Waals surface area contributed by atoms with Crippen LogP contribution in [0.15, 0.2) is 18.2 Å². The molecule has 1 aromatic carbocycles. The number of carbonyl (C=O) groups is 1. The van der Waals surface area contributed by atoms with Gasteiger partial charge in [0.1, 0.15) is 11.5 Å². The van der Waals surface area contributed by atoms with Gasteiger partial charge in [0.15, 0.2) is 0 Å². The fraction of sp³-hybridized carbons (Fsp3) is 0.417. The highest BCUT2D eigenvalue weighted by atomic mass is 127. The maximum Gasteiger partial charge on any atom is 0.415 e. The van der Waals surface area contributed by atoms with Gasteiger partial charge in [-0.1, -0.05) is 0 Å². The molecule has 0 spiro atoms. The minimum absolute atomic E-state index is 0.332. The Morgan fingerprint density at radius 2 is 2.00 bits per heavy atom.